The maximum absolute atomic E-state index is 13.7. The van der Waals surface area contributed by atoms with Crippen LogP contribution in [0.15, 0.2) is 46.3 Å². The topological polar surface area (TPSA) is 107 Å². The van der Waals surface area contributed by atoms with Crippen LogP contribution >= 0.6 is 11.8 Å². The van der Waals surface area contributed by atoms with Crippen LogP contribution < -0.4 is 14.8 Å². The molecule has 0 aromatic heterocycles. The molecule has 0 radical (unpaired) electrons. The van der Waals surface area contributed by atoms with Crippen LogP contribution in [0.2, 0.25) is 0 Å². The summed E-state index contributed by atoms with van der Waals surface area (Å²) in [5, 5.41) is 3.13. The molecule has 2 aliphatic heterocycles. The first-order valence-electron chi connectivity index (χ1n) is 10.8. The molecule has 1 fully saturated rings. The van der Waals surface area contributed by atoms with Gasteiger partial charge in [-0.1, -0.05) is 6.07 Å². The number of rotatable bonds is 5. The number of ether oxygens (including phenoxy) is 3. The summed E-state index contributed by atoms with van der Waals surface area (Å²) in [4.78, 5) is 41.8. The number of aliphatic imine (C=N–C) groups is 1. The fourth-order valence-electron chi connectivity index (χ4n) is 3.55. The zero-order valence-corrected chi connectivity index (χ0v) is 20.4. The smallest absolute Gasteiger partial charge is 0.420 e. The number of methoxy groups -OCH3 is 2. The van der Waals surface area contributed by atoms with Crippen molar-refractivity contribution in [1.29, 1.82) is 0 Å². The zero-order valence-electron chi connectivity index (χ0n) is 19.5. The van der Waals surface area contributed by atoms with Crippen LogP contribution in [-0.2, 0) is 20.5 Å². The van der Waals surface area contributed by atoms with Crippen molar-refractivity contribution in [1.82, 2.24) is 10.2 Å². The van der Waals surface area contributed by atoms with E-state index in [0.717, 1.165) is 31.0 Å². The Morgan fingerprint density at radius 3 is 2.54 bits per heavy atom. The molecule has 0 bridgehead atoms. The van der Waals surface area contributed by atoms with Gasteiger partial charge in [0.1, 0.15) is 5.75 Å². The molecule has 9 nitrogen and oxygen atoms in total. The maximum atomic E-state index is 13.7. The lowest BCUT2D eigenvalue weighted by molar-refractivity contribution is -0.138. The van der Waals surface area contributed by atoms with Crippen molar-refractivity contribution < 1.29 is 41.8 Å². The summed E-state index contributed by atoms with van der Waals surface area (Å²) in [5.74, 6) is -1.97. The molecule has 0 spiro atoms. The van der Waals surface area contributed by atoms with Gasteiger partial charge in [0.25, 0.3) is 5.91 Å². The predicted octanol–water partition coefficient (Wildman–Crippen LogP) is 3.70. The fourth-order valence-corrected chi connectivity index (χ4v) is 4.49. The molecule has 2 aromatic rings. The van der Waals surface area contributed by atoms with Crippen molar-refractivity contribution in [2.45, 2.75) is 6.18 Å². The Morgan fingerprint density at radius 2 is 1.86 bits per heavy atom. The molecule has 1 saturated heterocycles. The highest BCUT2D eigenvalue weighted by molar-refractivity contribution is 8.18. The number of benzene rings is 2. The van der Waals surface area contributed by atoms with Gasteiger partial charge in [-0.05, 0) is 53.7 Å². The quantitative estimate of drug-likeness (QED) is 0.457. The second-order valence-corrected chi connectivity index (χ2v) is 8.80. The van der Waals surface area contributed by atoms with Crippen LogP contribution in [0.5, 0.6) is 17.2 Å². The van der Waals surface area contributed by atoms with Gasteiger partial charge in [-0.2, -0.15) is 18.2 Å². The molecule has 194 valence electrons. The molecule has 13 heteroatoms. The Morgan fingerprint density at radius 1 is 1.11 bits per heavy atom. The van der Waals surface area contributed by atoms with Crippen molar-refractivity contribution in [2.24, 2.45) is 4.99 Å². The second kappa shape index (κ2) is 10.5. The predicted molar refractivity (Wildman–Crippen MR) is 128 cm³/mol. The van der Waals surface area contributed by atoms with Crippen molar-refractivity contribution in [3.8, 4) is 17.2 Å². The van der Waals surface area contributed by atoms with E-state index in [2.05, 4.69) is 15.0 Å². The monoisotopic (exact) mass is 535 g/mol. The van der Waals surface area contributed by atoms with E-state index in [9.17, 15) is 27.6 Å². The van der Waals surface area contributed by atoms with Crippen molar-refractivity contribution in [3.05, 3.63) is 58.0 Å². The minimum Gasteiger partial charge on any atom is -0.493 e. The van der Waals surface area contributed by atoms with E-state index in [1.807, 2.05) is 0 Å². The van der Waals surface area contributed by atoms with Gasteiger partial charge in [0.05, 0.1) is 36.8 Å². The number of carbonyl (C=O) groups excluding carboxylic acids is 3. The second-order valence-electron chi connectivity index (χ2n) is 7.79. The lowest BCUT2D eigenvalue weighted by Crippen LogP contribution is -2.49. The summed E-state index contributed by atoms with van der Waals surface area (Å²) < 4.78 is 56.3. The van der Waals surface area contributed by atoms with Gasteiger partial charge in [-0.3, -0.25) is 9.59 Å². The van der Waals surface area contributed by atoms with E-state index >= 15 is 0 Å². The van der Waals surface area contributed by atoms with Crippen LogP contribution in [0.4, 0.5) is 13.2 Å². The molecule has 0 atom stereocenters. The van der Waals surface area contributed by atoms with Crippen molar-refractivity contribution >= 4 is 40.8 Å². The fraction of sp³-hybridized carbons (Fsp3) is 0.250. The third-order valence-corrected chi connectivity index (χ3v) is 6.37. The number of piperazine rings is 1. The lowest BCUT2D eigenvalue weighted by atomic mass is 10.1. The summed E-state index contributed by atoms with van der Waals surface area (Å²) in [6.45, 7) is 1.08. The molecule has 0 unspecified atom stereocenters. The van der Waals surface area contributed by atoms with Gasteiger partial charge in [0.2, 0.25) is 5.91 Å². The van der Waals surface area contributed by atoms with Crippen LogP contribution in [0.1, 0.15) is 21.5 Å². The first-order chi connectivity index (χ1) is 17.6. The number of amides is 2. The Bertz CT molecular complexity index is 1330. The average Bonchev–Trinajstić information content (AvgIpc) is 3.24. The van der Waals surface area contributed by atoms with Crippen LogP contribution in [0.25, 0.3) is 6.08 Å². The van der Waals surface area contributed by atoms with Crippen molar-refractivity contribution in [2.75, 3.05) is 33.9 Å². The van der Waals surface area contributed by atoms with Gasteiger partial charge in [-0.25, -0.2) is 4.79 Å². The largest absolute Gasteiger partial charge is 0.493 e. The Labute approximate surface area is 213 Å². The first-order valence-corrected chi connectivity index (χ1v) is 11.6. The highest BCUT2D eigenvalue weighted by atomic mass is 32.2. The van der Waals surface area contributed by atoms with E-state index in [-0.39, 0.29) is 29.5 Å². The molecule has 2 aromatic carbocycles. The Balaban J connectivity index is 1.57. The number of amidine groups is 1. The maximum Gasteiger partial charge on any atom is 0.420 e. The van der Waals surface area contributed by atoms with E-state index in [1.54, 1.807) is 17.0 Å². The molecule has 0 saturated carbocycles. The first kappa shape index (κ1) is 26.1. The summed E-state index contributed by atoms with van der Waals surface area (Å²) in [7, 11) is 2.39. The number of nitrogens with zero attached hydrogens (tertiary/aromatic N) is 2. The number of halogens is 3. The Hall–Kier alpha value is -4.00. The molecular weight excluding hydrogens is 515 g/mol. The molecule has 2 heterocycles. The number of nitrogens with one attached hydrogen (secondary N) is 1. The summed E-state index contributed by atoms with van der Waals surface area (Å²) in [6, 6.07) is 7.28. The minimum absolute atomic E-state index is 0.0114. The molecule has 4 rings (SSSR count). The molecule has 37 heavy (non-hydrogen) atoms. The molecular formula is C24H20F3N3O6S. The molecule has 2 amide bonds. The highest BCUT2D eigenvalue weighted by Crippen LogP contribution is 2.41. The normalized spacial score (nSPS) is 16.9. The summed E-state index contributed by atoms with van der Waals surface area (Å²) in [6.07, 6.45) is -3.24. The highest BCUT2D eigenvalue weighted by Gasteiger charge is 2.36. The van der Waals surface area contributed by atoms with Crippen LogP contribution in [0, 0.1) is 0 Å². The van der Waals surface area contributed by atoms with E-state index < -0.39 is 29.4 Å². The standard InChI is InChI=1S/C24H20F3N3O6S/c1-34-18-9-13(10-19-21(32)29-23(37-19)30-8-7-28-20(31)12-30)3-5-17(18)36-16-6-4-14(22(33)35-2)11-15(16)24(25,26)27/h3-6,9-11H,7-8,12H2,1-2H3,(H,28,31). The summed E-state index contributed by atoms with van der Waals surface area (Å²) >= 11 is 1.13. The number of hydrogen-bond acceptors (Lipinski definition) is 8. The average molecular weight is 536 g/mol. The number of alkyl halides is 3. The SMILES string of the molecule is COC(=O)c1ccc(Oc2ccc(C=C3SC(N4CCNC(=O)C4)=NC3=O)cc2OC)c(C(F)(F)F)c1. The number of hydrogen-bond donors (Lipinski definition) is 1. The van der Waals surface area contributed by atoms with Gasteiger partial charge in [0, 0.05) is 13.1 Å². The van der Waals surface area contributed by atoms with Gasteiger partial charge >= 0.3 is 12.1 Å². The summed E-state index contributed by atoms with van der Waals surface area (Å²) in [5.41, 5.74) is -0.917. The third kappa shape index (κ3) is 5.88. The molecule has 0 aliphatic carbocycles. The number of carbonyl (C=O) groups is 3. The van der Waals surface area contributed by atoms with E-state index in [4.69, 9.17) is 9.47 Å². The Kier molecular flexibility index (Phi) is 7.43. The third-order valence-electron chi connectivity index (χ3n) is 5.33. The van der Waals surface area contributed by atoms with Crippen LogP contribution in [-0.4, -0.2) is 61.7 Å². The van der Waals surface area contributed by atoms with Crippen LogP contribution in [0.3, 0.4) is 0 Å². The molecule has 2 aliphatic rings. The van der Waals surface area contributed by atoms with E-state index in [0.29, 0.717) is 34.8 Å². The van der Waals surface area contributed by atoms with Gasteiger partial charge in [0.15, 0.2) is 16.7 Å². The van der Waals surface area contributed by atoms with E-state index in [1.165, 1.54) is 19.2 Å². The molecule has 1 N–H and O–H groups in total. The number of esters is 1. The number of thioether (sulfide) groups is 1. The van der Waals surface area contributed by atoms with Gasteiger partial charge in [-0.15, -0.1) is 0 Å². The minimum atomic E-state index is -4.80. The van der Waals surface area contributed by atoms with Gasteiger partial charge < -0.3 is 24.4 Å². The zero-order chi connectivity index (χ0) is 26.7. The van der Waals surface area contributed by atoms with Crippen molar-refractivity contribution in [3.63, 3.8) is 0 Å². The lowest BCUT2D eigenvalue weighted by Gasteiger charge is -2.27.